The average molecular weight is 352 g/mol. The number of aldehydes is 1. The molecule has 1 saturated heterocycles. The van der Waals surface area contributed by atoms with Crippen molar-refractivity contribution in [1.82, 2.24) is 4.90 Å². The van der Waals surface area contributed by atoms with Crippen LogP contribution in [0.5, 0.6) is 5.75 Å². The average Bonchev–Trinajstić information content (AvgIpc) is 2.95. The van der Waals surface area contributed by atoms with E-state index in [0.29, 0.717) is 18.7 Å². The predicted octanol–water partition coefficient (Wildman–Crippen LogP) is 3.64. The highest BCUT2D eigenvalue weighted by atomic mass is 32.2. The third-order valence-corrected chi connectivity index (χ3v) is 6.00. The fourth-order valence-corrected chi connectivity index (χ4v) is 4.65. The lowest BCUT2D eigenvalue weighted by molar-refractivity contribution is -0.111. The fourth-order valence-electron chi connectivity index (χ4n) is 3.22. The van der Waals surface area contributed by atoms with Crippen molar-refractivity contribution in [2.75, 3.05) is 18.9 Å². The Bertz CT molecular complexity index is 545. The van der Waals surface area contributed by atoms with Gasteiger partial charge < -0.3 is 15.0 Å². The molecule has 4 nitrogen and oxygen atoms in total. The SMILES string of the molecule is CC(C)c1cc(C2SCC(C=O)N2CCCO)cc(C(C)C)c1O. The monoisotopic (exact) mass is 351 g/mol. The van der Waals surface area contributed by atoms with Gasteiger partial charge in [-0.25, -0.2) is 0 Å². The van der Waals surface area contributed by atoms with E-state index >= 15 is 0 Å². The second-order valence-corrected chi connectivity index (χ2v) is 8.17. The molecule has 0 radical (unpaired) electrons. The normalized spacial score (nSPS) is 21.8. The molecule has 0 aromatic heterocycles. The Hall–Kier alpha value is -1.04. The molecule has 1 heterocycles. The molecule has 1 aliphatic rings. The Morgan fingerprint density at radius 3 is 2.29 bits per heavy atom. The Kier molecular flexibility index (Phi) is 6.72. The number of aliphatic hydroxyl groups excluding tert-OH is 1. The molecule has 0 bridgehead atoms. The van der Waals surface area contributed by atoms with Crippen molar-refractivity contribution >= 4 is 18.0 Å². The van der Waals surface area contributed by atoms with Crippen molar-refractivity contribution < 1.29 is 15.0 Å². The van der Waals surface area contributed by atoms with Gasteiger partial charge in [-0.2, -0.15) is 0 Å². The molecule has 1 fully saturated rings. The van der Waals surface area contributed by atoms with E-state index in [1.165, 1.54) is 0 Å². The van der Waals surface area contributed by atoms with Crippen LogP contribution in [0, 0.1) is 0 Å². The van der Waals surface area contributed by atoms with Crippen molar-refractivity contribution in [1.29, 1.82) is 0 Å². The number of aromatic hydroxyl groups is 1. The maximum absolute atomic E-state index is 11.4. The first-order valence-electron chi connectivity index (χ1n) is 8.70. The second-order valence-electron chi connectivity index (χ2n) is 7.06. The zero-order valence-electron chi connectivity index (χ0n) is 15.0. The molecule has 1 aliphatic heterocycles. The molecule has 1 aromatic rings. The van der Waals surface area contributed by atoms with E-state index in [1.54, 1.807) is 11.8 Å². The summed E-state index contributed by atoms with van der Waals surface area (Å²) in [5.41, 5.74) is 3.08. The second kappa shape index (κ2) is 8.37. The largest absolute Gasteiger partial charge is 0.507 e. The van der Waals surface area contributed by atoms with Gasteiger partial charge in [0, 0.05) is 18.9 Å². The van der Waals surface area contributed by atoms with Crippen LogP contribution in [0.4, 0.5) is 0 Å². The highest BCUT2D eigenvalue weighted by Crippen LogP contribution is 2.44. The van der Waals surface area contributed by atoms with Gasteiger partial charge in [0.2, 0.25) is 0 Å². The summed E-state index contributed by atoms with van der Waals surface area (Å²) in [6.45, 7) is 9.17. The molecular formula is C19H29NO3S. The molecule has 2 unspecified atom stereocenters. The third-order valence-electron chi connectivity index (χ3n) is 4.60. The first kappa shape index (κ1) is 19.3. The number of carbonyl (C=O) groups excluding carboxylic acids is 1. The van der Waals surface area contributed by atoms with Crippen LogP contribution in [-0.2, 0) is 4.79 Å². The molecule has 134 valence electrons. The minimum atomic E-state index is -0.106. The molecule has 0 saturated carbocycles. The summed E-state index contributed by atoms with van der Waals surface area (Å²) in [7, 11) is 0. The molecular weight excluding hydrogens is 322 g/mol. The van der Waals surface area contributed by atoms with Crippen LogP contribution < -0.4 is 0 Å². The van der Waals surface area contributed by atoms with Crippen molar-refractivity contribution in [2.45, 2.75) is 57.4 Å². The number of rotatable bonds is 7. The number of phenols is 1. The first-order valence-corrected chi connectivity index (χ1v) is 9.75. The minimum absolute atomic E-state index is 0.0994. The Labute approximate surface area is 149 Å². The van der Waals surface area contributed by atoms with Crippen molar-refractivity contribution in [3.05, 3.63) is 28.8 Å². The van der Waals surface area contributed by atoms with E-state index in [-0.39, 0.29) is 29.9 Å². The maximum Gasteiger partial charge on any atom is 0.138 e. The smallest absolute Gasteiger partial charge is 0.138 e. The van der Waals surface area contributed by atoms with Crippen LogP contribution in [0.25, 0.3) is 0 Å². The van der Waals surface area contributed by atoms with Crippen molar-refractivity contribution in [2.24, 2.45) is 0 Å². The van der Waals surface area contributed by atoms with Crippen LogP contribution in [0.15, 0.2) is 12.1 Å². The number of aliphatic hydroxyl groups is 1. The summed E-state index contributed by atoms with van der Waals surface area (Å²) in [6, 6.07) is 4.07. The van der Waals surface area contributed by atoms with Crippen molar-refractivity contribution in [3.63, 3.8) is 0 Å². The van der Waals surface area contributed by atoms with Crippen molar-refractivity contribution in [3.8, 4) is 5.75 Å². The lowest BCUT2D eigenvalue weighted by atomic mass is 9.91. The number of hydrogen-bond acceptors (Lipinski definition) is 5. The van der Waals surface area contributed by atoms with Gasteiger partial charge >= 0.3 is 0 Å². The molecule has 2 atom stereocenters. The molecule has 1 aromatic carbocycles. The van der Waals surface area contributed by atoms with Gasteiger partial charge in [-0.1, -0.05) is 27.7 Å². The molecule has 5 heteroatoms. The zero-order valence-corrected chi connectivity index (χ0v) is 15.8. The highest BCUT2D eigenvalue weighted by molar-refractivity contribution is 7.99. The molecule has 2 N–H and O–H groups in total. The molecule has 0 spiro atoms. The van der Waals surface area contributed by atoms with Gasteiger partial charge in [0.25, 0.3) is 0 Å². The molecule has 0 amide bonds. The van der Waals surface area contributed by atoms with E-state index in [2.05, 4.69) is 44.7 Å². The van der Waals surface area contributed by atoms with Crippen LogP contribution in [-0.4, -0.2) is 46.3 Å². The number of phenolic OH excluding ortho intramolecular Hbond substituents is 1. The highest BCUT2D eigenvalue weighted by Gasteiger charge is 2.35. The van der Waals surface area contributed by atoms with Crippen LogP contribution in [0.2, 0.25) is 0 Å². The molecule has 24 heavy (non-hydrogen) atoms. The number of thioether (sulfide) groups is 1. The van der Waals surface area contributed by atoms with Gasteiger partial charge in [0.05, 0.1) is 11.4 Å². The van der Waals surface area contributed by atoms with Crippen LogP contribution in [0.1, 0.15) is 68.0 Å². The maximum atomic E-state index is 11.4. The van der Waals surface area contributed by atoms with E-state index in [4.69, 9.17) is 5.11 Å². The third kappa shape index (κ3) is 3.95. The lowest BCUT2D eigenvalue weighted by Crippen LogP contribution is -2.35. The molecule has 0 aliphatic carbocycles. The summed E-state index contributed by atoms with van der Waals surface area (Å²) >= 11 is 1.76. The van der Waals surface area contributed by atoms with E-state index in [1.807, 2.05) is 0 Å². The van der Waals surface area contributed by atoms with Gasteiger partial charge in [-0.3, -0.25) is 4.90 Å². The quantitative estimate of drug-likeness (QED) is 0.735. The topological polar surface area (TPSA) is 60.8 Å². The Morgan fingerprint density at radius 2 is 1.83 bits per heavy atom. The predicted molar refractivity (Wildman–Crippen MR) is 99.7 cm³/mol. The zero-order chi connectivity index (χ0) is 17.9. The summed E-state index contributed by atoms with van der Waals surface area (Å²) < 4.78 is 0. The van der Waals surface area contributed by atoms with Crippen LogP contribution in [0.3, 0.4) is 0 Å². The summed E-state index contributed by atoms with van der Waals surface area (Å²) in [4.78, 5) is 13.6. The summed E-state index contributed by atoms with van der Waals surface area (Å²) in [5, 5.41) is 19.8. The van der Waals surface area contributed by atoms with E-state index in [9.17, 15) is 9.90 Å². The number of hydrogen-bond donors (Lipinski definition) is 2. The number of nitrogens with zero attached hydrogens (tertiary/aromatic N) is 1. The van der Waals surface area contributed by atoms with E-state index in [0.717, 1.165) is 28.7 Å². The van der Waals surface area contributed by atoms with Gasteiger partial charge in [-0.15, -0.1) is 11.8 Å². The minimum Gasteiger partial charge on any atom is -0.507 e. The van der Waals surface area contributed by atoms with Crippen LogP contribution >= 0.6 is 11.8 Å². The lowest BCUT2D eigenvalue weighted by Gasteiger charge is -2.28. The number of carbonyl (C=O) groups is 1. The van der Waals surface area contributed by atoms with Gasteiger partial charge in [0.15, 0.2) is 0 Å². The standard InChI is InChI=1S/C19H29NO3S/c1-12(2)16-8-14(9-17(13(3)4)18(16)23)19-20(6-5-7-21)15(10-22)11-24-19/h8-10,12-13,15,19,21,23H,5-7,11H2,1-4H3. The summed E-state index contributed by atoms with van der Waals surface area (Å²) in [5.74, 6) is 1.65. The summed E-state index contributed by atoms with van der Waals surface area (Å²) in [6.07, 6.45) is 1.67. The van der Waals surface area contributed by atoms with Gasteiger partial charge in [0.1, 0.15) is 12.0 Å². The van der Waals surface area contributed by atoms with E-state index < -0.39 is 0 Å². The molecule has 2 rings (SSSR count). The van der Waals surface area contributed by atoms with Gasteiger partial charge in [-0.05, 0) is 47.1 Å². The first-order chi connectivity index (χ1) is 11.4. The Morgan fingerprint density at radius 1 is 1.25 bits per heavy atom. The number of benzene rings is 1. The fraction of sp³-hybridized carbons (Fsp3) is 0.632. The Balaban J connectivity index is 2.44.